The molecule has 1 heterocycles. The molecule has 0 amide bonds. The Kier molecular flexibility index (Phi) is 4.60. The number of rotatable bonds is 5. The van der Waals surface area contributed by atoms with Gasteiger partial charge in [0, 0.05) is 16.3 Å². The highest BCUT2D eigenvalue weighted by Gasteiger charge is 2.21. The summed E-state index contributed by atoms with van der Waals surface area (Å²) in [7, 11) is 3.05. The van der Waals surface area contributed by atoms with Gasteiger partial charge in [-0.15, -0.1) is 0 Å². The van der Waals surface area contributed by atoms with Crippen molar-refractivity contribution in [3.05, 3.63) is 53.6 Å². The van der Waals surface area contributed by atoms with Crippen molar-refractivity contribution in [1.29, 1.82) is 0 Å². The van der Waals surface area contributed by atoms with E-state index in [4.69, 9.17) is 4.74 Å². The van der Waals surface area contributed by atoms with Gasteiger partial charge < -0.3 is 9.64 Å². The van der Waals surface area contributed by atoms with Gasteiger partial charge in [-0.25, -0.2) is 4.21 Å². The van der Waals surface area contributed by atoms with E-state index in [1.54, 1.807) is 0 Å². The zero-order valence-electron chi connectivity index (χ0n) is 13.0. The van der Waals surface area contributed by atoms with Crippen LogP contribution in [0, 0.1) is 0 Å². The van der Waals surface area contributed by atoms with E-state index in [1.165, 1.54) is 0 Å². The maximum atomic E-state index is 12.6. The van der Waals surface area contributed by atoms with Crippen molar-refractivity contribution in [3.63, 3.8) is 0 Å². The second kappa shape index (κ2) is 6.63. The van der Waals surface area contributed by atoms with Crippen LogP contribution in [0.1, 0.15) is 17.5 Å². The lowest BCUT2D eigenvalue weighted by molar-refractivity contribution is 0.281. The molecule has 0 bridgehead atoms. The molecule has 4 heteroatoms. The maximum Gasteiger partial charge on any atom is 0.119 e. The van der Waals surface area contributed by atoms with Gasteiger partial charge in [0.2, 0.25) is 0 Å². The topological polar surface area (TPSA) is 29.5 Å². The van der Waals surface area contributed by atoms with E-state index in [1.807, 2.05) is 36.4 Å². The van der Waals surface area contributed by atoms with Crippen LogP contribution in [0.25, 0.3) is 0 Å². The van der Waals surface area contributed by atoms with Gasteiger partial charge in [0.25, 0.3) is 0 Å². The highest BCUT2D eigenvalue weighted by Crippen LogP contribution is 2.33. The van der Waals surface area contributed by atoms with E-state index in [2.05, 4.69) is 25.1 Å². The fraction of sp³-hybridized carbons (Fsp3) is 0.333. The van der Waals surface area contributed by atoms with E-state index in [9.17, 15) is 4.21 Å². The van der Waals surface area contributed by atoms with Crippen molar-refractivity contribution in [2.45, 2.75) is 22.6 Å². The monoisotopic (exact) mass is 315 g/mol. The van der Waals surface area contributed by atoms with Crippen molar-refractivity contribution in [2.24, 2.45) is 0 Å². The number of ether oxygens (including phenoxy) is 1. The zero-order valence-corrected chi connectivity index (χ0v) is 13.9. The van der Waals surface area contributed by atoms with E-state index >= 15 is 0 Å². The number of fused-ring (bicyclic) bond motifs is 2. The molecule has 0 saturated heterocycles. The Morgan fingerprint density at radius 3 is 2.68 bits per heavy atom. The quantitative estimate of drug-likeness (QED) is 0.678. The van der Waals surface area contributed by atoms with Crippen molar-refractivity contribution in [3.8, 4) is 5.75 Å². The van der Waals surface area contributed by atoms with Crippen LogP contribution in [0.2, 0.25) is 0 Å². The van der Waals surface area contributed by atoms with Crippen LogP contribution in [-0.2, 0) is 17.2 Å². The summed E-state index contributed by atoms with van der Waals surface area (Å²) in [6, 6.07) is 13.9. The van der Waals surface area contributed by atoms with Crippen LogP contribution in [0.5, 0.6) is 5.75 Å². The van der Waals surface area contributed by atoms with Gasteiger partial charge in [0.1, 0.15) is 5.75 Å². The van der Waals surface area contributed by atoms with Crippen LogP contribution in [0.15, 0.2) is 52.3 Å². The lowest BCUT2D eigenvalue weighted by Gasteiger charge is -2.19. The minimum atomic E-state index is -1.07. The number of hydrogen-bond donors (Lipinski definition) is 0. The van der Waals surface area contributed by atoms with Crippen LogP contribution < -0.4 is 4.74 Å². The summed E-state index contributed by atoms with van der Waals surface area (Å²) in [6.07, 6.45) is 1.82. The van der Waals surface area contributed by atoms with E-state index in [-0.39, 0.29) is 0 Å². The average Bonchev–Trinajstić information content (AvgIpc) is 2.51. The Morgan fingerprint density at radius 2 is 1.86 bits per heavy atom. The summed E-state index contributed by atoms with van der Waals surface area (Å²) >= 11 is 0. The number of nitrogens with zero attached hydrogens (tertiary/aromatic N) is 1. The molecule has 3 nitrogen and oxygen atoms in total. The first-order valence-corrected chi connectivity index (χ1v) is 8.70. The predicted octanol–water partition coefficient (Wildman–Crippen LogP) is 3.09. The van der Waals surface area contributed by atoms with Crippen molar-refractivity contribution in [1.82, 2.24) is 4.90 Å². The Balaban J connectivity index is 1.74. The molecule has 1 atom stereocenters. The summed E-state index contributed by atoms with van der Waals surface area (Å²) in [5, 5.41) is 0. The van der Waals surface area contributed by atoms with Crippen LogP contribution in [-0.4, -0.2) is 36.4 Å². The third kappa shape index (κ3) is 3.23. The van der Waals surface area contributed by atoms with Gasteiger partial charge in [-0.05, 0) is 62.3 Å². The van der Waals surface area contributed by atoms with Crippen molar-refractivity contribution < 1.29 is 8.95 Å². The van der Waals surface area contributed by atoms with E-state index in [0.717, 1.165) is 46.1 Å². The van der Waals surface area contributed by atoms with E-state index in [0.29, 0.717) is 6.61 Å². The number of hydrogen-bond acceptors (Lipinski definition) is 3. The first kappa shape index (κ1) is 15.3. The molecule has 3 rings (SSSR count). The third-order valence-electron chi connectivity index (χ3n) is 3.80. The smallest absolute Gasteiger partial charge is 0.119 e. The molecule has 0 saturated carbocycles. The van der Waals surface area contributed by atoms with Gasteiger partial charge in [-0.2, -0.15) is 0 Å². The molecule has 116 valence electrons. The summed E-state index contributed by atoms with van der Waals surface area (Å²) in [4.78, 5) is 4.00. The molecular weight excluding hydrogens is 294 g/mol. The summed E-state index contributed by atoms with van der Waals surface area (Å²) in [5.41, 5.74) is 2.26. The molecule has 0 spiro atoms. The largest absolute Gasteiger partial charge is 0.494 e. The second-order valence-corrected chi connectivity index (χ2v) is 7.25. The van der Waals surface area contributed by atoms with Crippen LogP contribution in [0.4, 0.5) is 0 Å². The molecule has 0 aromatic heterocycles. The Hall–Kier alpha value is -1.65. The molecule has 2 aromatic carbocycles. The fourth-order valence-corrected chi connectivity index (χ4v) is 4.07. The molecule has 22 heavy (non-hydrogen) atoms. The molecule has 1 unspecified atom stereocenters. The van der Waals surface area contributed by atoms with Crippen LogP contribution >= 0.6 is 0 Å². The highest BCUT2D eigenvalue weighted by atomic mass is 32.2. The minimum Gasteiger partial charge on any atom is -0.494 e. The van der Waals surface area contributed by atoms with E-state index < -0.39 is 10.8 Å². The second-order valence-electron chi connectivity index (χ2n) is 5.83. The average molecular weight is 315 g/mol. The molecule has 0 radical (unpaired) electrons. The van der Waals surface area contributed by atoms with Gasteiger partial charge in [-0.3, -0.25) is 0 Å². The van der Waals surface area contributed by atoms with Gasteiger partial charge in [0.05, 0.1) is 17.4 Å². The summed E-state index contributed by atoms with van der Waals surface area (Å²) < 4.78 is 18.4. The molecule has 0 aliphatic carbocycles. The molecule has 0 N–H and O–H groups in total. The van der Waals surface area contributed by atoms with Gasteiger partial charge in [-0.1, -0.05) is 18.2 Å². The zero-order chi connectivity index (χ0) is 15.5. The maximum absolute atomic E-state index is 12.6. The molecule has 1 aliphatic rings. The first-order valence-electron chi connectivity index (χ1n) is 7.55. The van der Waals surface area contributed by atoms with Gasteiger partial charge >= 0.3 is 0 Å². The molecular formula is C18H21NO2S. The SMILES string of the molecule is CN(C)CCCOc1ccc2c(c1)Cc1ccccc1S2=O. The Morgan fingerprint density at radius 1 is 1.09 bits per heavy atom. The predicted molar refractivity (Wildman–Crippen MR) is 89.0 cm³/mol. The third-order valence-corrected chi connectivity index (χ3v) is 5.40. The lowest BCUT2D eigenvalue weighted by Crippen LogP contribution is -2.15. The van der Waals surface area contributed by atoms with Crippen molar-refractivity contribution in [2.75, 3.05) is 27.2 Å². The summed E-state index contributed by atoms with van der Waals surface area (Å²) in [6.45, 7) is 1.72. The number of benzene rings is 2. The summed E-state index contributed by atoms with van der Waals surface area (Å²) in [5.74, 6) is 0.869. The lowest BCUT2D eigenvalue weighted by atomic mass is 10.0. The van der Waals surface area contributed by atoms with Crippen molar-refractivity contribution >= 4 is 10.8 Å². The minimum absolute atomic E-state index is 0.705. The van der Waals surface area contributed by atoms with Crippen LogP contribution in [0.3, 0.4) is 0 Å². The molecule has 1 aliphatic heterocycles. The standard InChI is InChI=1S/C18H21NO2S/c1-19(2)10-5-11-21-16-8-9-18-15(13-16)12-14-6-3-4-7-17(14)22(18)20/h3-4,6-9,13H,5,10-12H2,1-2H3. The molecule has 0 fully saturated rings. The highest BCUT2D eigenvalue weighted by molar-refractivity contribution is 7.85. The normalized spacial score (nSPS) is 16.2. The first-order chi connectivity index (χ1) is 10.6. The molecule has 2 aromatic rings. The van der Waals surface area contributed by atoms with Gasteiger partial charge in [0.15, 0.2) is 0 Å². The Bertz CT molecular complexity index is 697. The fourth-order valence-electron chi connectivity index (χ4n) is 2.69. The Labute approximate surface area is 134 Å².